The summed E-state index contributed by atoms with van der Waals surface area (Å²) >= 11 is 0. The van der Waals surface area contributed by atoms with Crippen LogP contribution >= 0.6 is 0 Å². The first-order chi connectivity index (χ1) is 13.8. The van der Waals surface area contributed by atoms with Gasteiger partial charge in [-0.25, -0.2) is 0 Å². The maximum atomic E-state index is 4.26. The molecule has 0 radical (unpaired) electrons. The van der Waals surface area contributed by atoms with Crippen molar-refractivity contribution in [3.05, 3.63) is 95.7 Å². The molecular formula is C29H42. The van der Waals surface area contributed by atoms with E-state index in [2.05, 4.69) is 90.0 Å². The van der Waals surface area contributed by atoms with Crippen LogP contribution in [0.15, 0.2) is 95.7 Å². The van der Waals surface area contributed by atoms with Crippen molar-refractivity contribution in [2.75, 3.05) is 0 Å². The average Bonchev–Trinajstić information content (AvgIpc) is 3.07. The summed E-state index contributed by atoms with van der Waals surface area (Å²) in [6.45, 7) is 23.1. The second kappa shape index (κ2) is 13.2. The highest BCUT2D eigenvalue weighted by atomic mass is 14.3. The third-order valence-corrected chi connectivity index (χ3v) is 5.86. The summed E-state index contributed by atoms with van der Waals surface area (Å²) < 4.78 is 0. The van der Waals surface area contributed by atoms with E-state index in [1.807, 2.05) is 6.92 Å². The van der Waals surface area contributed by atoms with E-state index in [0.717, 1.165) is 6.42 Å². The Kier molecular flexibility index (Phi) is 11.4. The molecule has 0 fully saturated rings. The Morgan fingerprint density at radius 2 is 1.93 bits per heavy atom. The standard InChI is InChI=1S/C20H26.C9H16/c1-15(2)11-8-7-9-12-19-13-10-14-20(18(19)6)17(5)16(3)4;1-3-5-9-7-4-6-8(9)2/h7-10,12-14,17,20H,1,3,6,11H2,2,4-5H3;3-7H2,1-2H3/b8-7+,12-9-;/t17-,20?;/m1./s1. The van der Waals surface area contributed by atoms with Gasteiger partial charge >= 0.3 is 0 Å². The Morgan fingerprint density at radius 1 is 1.21 bits per heavy atom. The second-order valence-electron chi connectivity index (χ2n) is 8.63. The van der Waals surface area contributed by atoms with Gasteiger partial charge in [-0.05, 0) is 69.9 Å². The lowest BCUT2D eigenvalue weighted by molar-refractivity contribution is 0.558. The third kappa shape index (κ3) is 8.86. The van der Waals surface area contributed by atoms with E-state index in [-0.39, 0.29) is 0 Å². The molecule has 158 valence electrons. The number of hydrogen-bond acceptors (Lipinski definition) is 0. The van der Waals surface area contributed by atoms with Gasteiger partial charge in [0.05, 0.1) is 0 Å². The fourth-order valence-electron chi connectivity index (χ4n) is 3.74. The Balaban J connectivity index is 0.000000387. The van der Waals surface area contributed by atoms with Gasteiger partial charge < -0.3 is 0 Å². The van der Waals surface area contributed by atoms with Crippen LogP contribution in [0.1, 0.15) is 73.1 Å². The van der Waals surface area contributed by atoms with Crippen molar-refractivity contribution in [2.45, 2.75) is 73.1 Å². The van der Waals surface area contributed by atoms with E-state index >= 15 is 0 Å². The lowest BCUT2D eigenvalue weighted by Crippen LogP contribution is -2.15. The van der Waals surface area contributed by atoms with Gasteiger partial charge in [-0.15, -0.1) is 0 Å². The molecule has 2 rings (SSSR count). The van der Waals surface area contributed by atoms with E-state index in [1.165, 1.54) is 54.4 Å². The second-order valence-corrected chi connectivity index (χ2v) is 8.63. The van der Waals surface area contributed by atoms with Crippen molar-refractivity contribution in [1.29, 1.82) is 0 Å². The van der Waals surface area contributed by atoms with Crippen molar-refractivity contribution in [3.8, 4) is 0 Å². The van der Waals surface area contributed by atoms with Crippen LogP contribution < -0.4 is 0 Å². The highest BCUT2D eigenvalue weighted by molar-refractivity contribution is 5.48. The van der Waals surface area contributed by atoms with Crippen molar-refractivity contribution in [2.24, 2.45) is 11.8 Å². The zero-order valence-electron chi connectivity index (χ0n) is 19.6. The molecular weight excluding hydrogens is 348 g/mol. The number of rotatable bonds is 8. The molecule has 0 saturated heterocycles. The van der Waals surface area contributed by atoms with E-state index < -0.39 is 0 Å². The Hall–Kier alpha value is -2.08. The first kappa shape index (κ1) is 25.0. The Labute approximate surface area is 180 Å². The molecule has 0 spiro atoms. The summed E-state index contributed by atoms with van der Waals surface area (Å²) in [7, 11) is 0. The van der Waals surface area contributed by atoms with E-state index in [4.69, 9.17) is 0 Å². The molecule has 0 aromatic rings. The van der Waals surface area contributed by atoms with Crippen LogP contribution in [-0.2, 0) is 0 Å². The third-order valence-electron chi connectivity index (χ3n) is 5.86. The monoisotopic (exact) mass is 390 g/mol. The minimum absolute atomic E-state index is 0.358. The molecule has 0 bridgehead atoms. The lowest BCUT2D eigenvalue weighted by Gasteiger charge is -2.26. The topological polar surface area (TPSA) is 0 Å². The van der Waals surface area contributed by atoms with Crippen LogP contribution in [0.25, 0.3) is 0 Å². The van der Waals surface area contributed by atoms with Crippen LogP contribution in [0.3, 0.4) is 0 Å². The van der Waals surface area contributed by atoms with Crippen molar-refractivity contribution < 1.29 is 0 Å². The van der Waals surface area contributed by atoms with Crippen LogP contribution in [0.5, 0.6) is 0 Å². The van der Waals surface area contributed by atoms with E-state index in [1.54, 1.807) is 11.1 Å². The van der Waals surface area contributed by atoms with Gasteiger partial charge in [0.2, 0.25) is 0 Å². The zero-order chi connectivity index (χ0) is 21.8. The normalized spacial score (nSPS) is 20.1. The molecule has 0 N–H and O–H groups in total. The van der Waals surface area contributed by atoms with Crippen molar-refractivity contribution in [1.82, 2.24) is 0 Å². The summed E-state index contributed by atoms with van der Waals surface area (Å²) in [5.41, 5.74) is 8.18. The fraction of sp³-hybridized carbons (Fsp3) is 0.448. The van der Waals surface area contributed by atoms with Crippen LogP contribution in [0, 0.1) is 11.8 Å². The highest BCUT2D eigenvalue weighted by Crippen LogP contribution is 2.33. The number of allylic oxidation sites excluding steroid dienone is 13. The summed E-state index contributed by atoms with van der Waals surface area (Å²) in [6.07, 6.45) is 22.6. The molecule has 29 heavy (non-hydrogen) atoms. The largest absolute Gasteiger partial charge is 0.0998 e. The summed E-state index contributed by atoms with van der Waals surface area (Å²) in [4.78, 5) is 0. The molecule has 0 aromatic heterocycles. The maximum absolute atomic E-state index is 4.26. The molecule has 0 aliphatic heterocycles. The average molecular weight is 391 g/mol. The molecule has 0 heteroatoms. The molecule has 0 aromatic carbocycles. The molecule has 0 nitrogen and oxygen atoms in total. The van der Waals surface area contributed by atoms with Crippen LogP contribution in [0.4, 0.5) is 0 Å². The van der Waals surface area contributed by atoms with Gasteiger partial charge in [-0.2, -0.15) is 0 Å². The Morgan fingerprint density at radius 3 is 2.48 bits per heavy atom. The van der Waals surface area contributed by atoms with Gasteiger partial charge in [0.1, 0.15) is 0 Å². The predicted molar refractivity (Wildman–Crippen MR) is 133 cm³/mol. The SMILES string of the molecule is C=C(C)C/C=C/C=C\C1=CC=CC([C@H](C)C(=C)C)C1=C.CCCC1=C(C)CCC1. The van der Waals surface area contributed by atoms with Crippen LogP contribution in [0.2, 0.25) is 0 Å². The Bertz CT molecular complexity index is 730. The predicted octanol–water partition coefficient (Wildman–Crippen LogP) is 9.23. The van der Waals surface area contributed by atoms with Gasteiger partial charge in [-0.1, -0.05) is 105 Å². The molecule has 0 amide bonds. The molecule has 1 unspecified atom stereocenters. The minimum atomic E-state index is 0.358. The van der Waals surface area contributed by atoms with Gasteiger partial charge in [0.15, 0.2) is 0 Å². The van der Waals surface area contributed by atoms with Crippen LogP contribution in [-0.4, -0.2) is 0 Å². The summed E-state index contributed by atoms with van der Waals surface area (Å²) in [5.74, 6) is 0.784. The van der Waals surface area contributed by atoms with E-state index in [9.17, 15) is 0 Å². The molecule has 2 aliphatic carbocycles. The van der Waals surface area contributed by atoms with Crippen molar-refractivity contribution in [3.63, 3.8) is 0 Å². The molecule has 2 aliphatic rings. The van der Waals surface area contributed by atoms with Crippen molar-refractivity contribution >= 4 is 0 Å². The van der Waals surface area contributed by atoms with E-state index in [0.29, 0.717) is 11.8 Å². The number of hydrogen-bond donors (Lipinski definition) is 0. The van der Waals surface area contributed by atoms with Gasteiger partial charge in [0.25, 0.3) is 0 Å². The van der Waals surface area contributed by atoms with Gasteiger partial charge in [-0.3, -0.25) is 0 Å². The minimum Gasteiger partial charge on any atom is -0.0998 e. The lowest BCUT2D eigenvalue weighted by atomic mass is 9.78. The fourth-order valence-corrected chi connectivity index (χ4v) is 3.74. The summed E-state index contributed by atoms with van der Waals surface area (Å²) in [6, 6.07) is 0. The molecule has 0 heterocycles. The quantitative estimate of drug-likeness (QED) is 0.286. The first-order valence-electron chi connectivity index (χ1n) is 11.2. The molecule has 0 saturated carbocycles. The smallest absolute Gasteiger partial charge is 0.00837 e. The highest BCUT2D eigenvalue weighted by Gasteiger charge is 2.21. The molecule has 2 atom stereocenters. The first-order valence-corrected chi connectivity index (χ1v) is 11.2. The zero-order valence-corrected chi connectivity index (χ0v) is 19.6. The summed E-state index contributed by atoms with van der Waals surface area (Å²) in [5, 5.41) is 0. The van der Waals surface area contributed by atoms with Gasteiger partial charge in [0, 0.05) is 5.92 Å². The maximum Gasteiger partial charge on any atom is 0.00837 e.